The lowest BCUT2D eigenvalue weighted by Gasteiger charge is -1.96. The molecular formula is C6H17N5O. The van der Waals surface area contributed by atoms with E-state index in [1.165, 1.54) is 0 Å². The number of urea groups is 1. The molecule has 0 saturated heterocycles. The van der Waals surface area contributed by atoms with Gasteiger partial charge in [-0.3, -0.25) is 5.41 Å². The Labute approximate surface area is 72.0 Å². The Balaban J connectivity index is 0. The molecule has 0 aliphatic carbocycles. The number of unbranched alkanes of at least 4 members (excludes halogenated alkanes) is 1. The third-order valence-corrected chi connectivity index (χ3v) is 0.830. The predicted molar refractivity (Wildman–Crippen MR) is 48.6 cm³/mol. The van der Waals surface area contributed by atoms with Gasteiger partial charge in [0, 0.05) is 6.54 Å². The number of carbonyl (C=O) groups excluding carboxylic acids is 1. The average molecular weight is 175 g/mol. The predicted octanol–water partition coefficient (Wildman–Crippen LogP) is -0.707. The van der Waals surface area contributed by atoms with Crippen molar-refractivity contribution in [1.82, 2.24) is 5.32 Å². The molecule has 0 aromatic heterocycles. The van der Waals surface area contributed by atoms with Gasteiger partial charge in [0.05, 0.1) is 0 Å². The number of carbonyl (C=O) groups is 1. The topological polar surface area (TPSA) is 131 Å². The van der Waals surface area contributed by atoms with Gasteiger partial charge < -0.3 is 22.5 Å². The number of guanidine groups is 1. The van der Waals surface area contributed by atoms with Crippen LogP contribution in [0.25, 0.3) is 0 Å². The summed E-state index contributed by atoms with van der Waals surface area (Å²) in [4.78, 5) is 9.99. The minimum atomic E-state index is -0.432. The Morgan fingerprint density at radius 3 is 2.08 bits per heavy atom. The van der Waals surface area contributed by atoms with Gasteiger partial charge in [0.15, 0.2) is 5.96 Å². The van der Waals surface area contributed by atoms with Gasteiger partial charge in [0.25, 0.3) is 0 Å². The first-order valence-corrected chi connectivity index (χ1v) is 3.63. The van der Waals surface area contributed by atoms with Crippen molar-refractivity contribution in [1.29, 1.82) is 5.41 Å². The lowest BCUT2D eigenvalue weighted by Crippen LogP contribution is -2.29. The van der Waals surface area contributed by atoms with Crippen LogP contribution in [-0.4, -0.2) is 18.5 Å². The van der Waals surface area contributed by atoms with Crippen LogP contribution < -0.4 is 22.5 Å². The largest absolute Gasteiger partial charge is 0.370 e. The molecule has 0 rings (SSSR count). The van der Waals surface area contributed by atoms with E-state index in [2.05, 4.69) is 23.7 Å². The van der Waals surface area contributed by atoms with Gasteiger partial charge in [-0.2, -0.15) is 0 Å². The lowest BCUT2D eigenvalue weighted by molar-refractivity contribution is 0.249. The number of nitrogens with one attached hydrogen (secondary N) is 2. The molecule has 0 aliphatic heterocycles. The first kappa shape index (κ1) is 13.2. The molecule has 0 radical (unpaired) electrons. The van der Waals surface area contributed by atoms with Crippen molar-refractivity contribution in [2.45, 2.75) is 19.8 Å². The second-order valence-electron chi connectivity index (χ2n) is 2.10. The SMILES string of the molecule is CCCCNC(N)=O.N=C(N)N. The molecular weight excluding hydrogens is 158 g/mol. The minimum absolute atomic E-state index is 0.333. The molecule has 0 aromatic rings. The maximum atomic E-state index is 9.99. The molecule has 0 atom stereocenters. The standard InChI is InChI=1S/C5H12N2O.CH5N3/c1-2-3-4-7-5(6)8;2-1(3)4/h2-4H2,1H3,(H3,6,7,8);(H5,2,3,4). The van der Waals surface area contributed by atoms with E-state index in [9.17, 15) is 4.79 Å². The number of nitrogens with two attached hydrogens (primary N) is 3. The third kappa shape index (κ3) is 38.7. The molecule has 0 fully saturated rings. The first-order valence-electron chi connectivity index (χ1n) is 3.63. The fraction of sp³-hybridized carbons (Fsp3) is 0.667. The van der Waals surface area contributed by atoms with Crippen molar-refractivity contribution >= 4 is 12.0 Å². The van der Waals surface area contributed by atoms with Crippen LogP contribution in [0.15, 0.2) is 0 Å². The molecule has 0 bridgehead atoms. The molecule has 12 heavy (non-hydrogen) atoms. The minimum Gasteiger partial charge on any atom is -0.370 e. The summed E-state index contributed by atoms with van der Waals surface area (Å²) in [5, 5.41) is 8.54. The highest BCUT2D eigenvalue weighted by Gasteiger charge is 1.86. The summed E-state index contributed by atoms with van der Waals surface area (Å²) in [5.74, 6) is -0.333. The van der Waals surface area contributed by atoms with Crippen LogP contribution in [-0.2, 0) is 0 Å². The van der Waals surface area contributed by atoms with Crippen LogP contribution >= 0.6 is 0 Å². The molecule has 8 N–H and O–H groups in total. The molecule has 0 aromatic carbocycles. The summed E-state index contributed by atoms with van der Waals surface area (Å²) in [6.07, 6.45) is 2.09. The molecule has 6 nitrogen and oxygen atoms in total. The zero-order valence-electron chi connectivity index (χ0n) is 7.26. The maximum Gasteiger partial charge on any atom is 0.312 e. The van der Waals surface area contributed by atoms with Crippen molar-refractivity contribution in [2.24, 2.45) is 17.2 Å². The number of amides is 2. The van der Waals surface area contributed by atoms with E-state index < -0.39 is 6.03 Å². The van der Waals surface area contributed by atoms with E-state index in [-0.39, 0.29) is 5.96 Å². The highest BCUT2D eigenvalue weighted by Crippen LogP contribution is 1.80. The van der Waals surface area contributed by atoms with Crippen molar-refractivity contribution in [3.8, 4) is 0 Å². The van der Waals surface area contributed by atoms with Gasteiger partial charge in [0.2, 0.25) is 0 Å². The second kappa shape index (κ2) is 9.54. The molecule has 6 heteroatoms. The molecule has 2 amide bonds. The normalized spacial score (nSPS) is 7.75. The molecule has 0 unspecified atom stereocenters. The van der Waals surface area contributed by atoms with Crippen molar-refractivity contribution < 1.29 is 4.79 Å². The molecule has 0 spiro atoms. The fourth-order valence-electron chi connectivity index (χ4n) is 0.388. The van der Waals surface area contributed by atoms with E-state index in [1.54, 1.807) is 0 Å². The quantitative estimate of drug-likeness (QED) is 0.220. The summed E-state index contributed by atoms with van der Waals surface area (Å²) >= 11 is 0. The van der Waals surface area contributed by atoms with E-state index in [4.69, 9.17) is 11.1 Å². The average Bonchev–Trinajstić information content (AvgIpc) is 1.86. The number of hydrogen-bond acceptors (Lipinski definition) is 2. The van der Waals surface area contributed by atoms with E-state index >= 15 is 0 Å². The summed E-state index contributed by atoms with van der Waals surface area (Å²) in [7, 11) is 0. The van der Waals surface area contributed by atoms with Gasteiger partial charge in [-0.1, -0.05) is 13.3 Å². The Morgan fingerprint density at radius 1 is 1.42 bits per heavy atom. The van der Waals surface area contributed by atoms with E-state index in [1.807, 2.05) is 0 Å². The Hall–Kier alpha value is -1.46. The number of primary amides is 1. The first-order chi connectivity index (χ1) is 5.50. The van der Waals surface area contributed by atoms with Crippen LogP contribution in [0.4, 0.5) is 4.79 Å². The van der Waals surface area contributed by atoms with Crippen molar-refractivity contribution in [3.63, 3.8) is 0 Å². The second-order valence-corrected chi connectivity index (χ2v) is 2.10. The van der Waals surface area contributed by atoms with Crippen LogP contribution in [0.1, 0.15) is 19.8 Å². The molecule has 0 saturated carbocycles. The highest BCUT2D eigenvalue weighted by molar-refractivity contribution is 5.71. The molecule has 0 heterocycles. The number of rotatable bonds is 3. The molecule has 0 aliphatic rings. The Bertz CT molecular complexity index is 132. The fourth-order valence-corrected chi connectivity index (χ4v) is 0.388. The smallest absolute Gasteiger partial charge is 0.312 e. The van der Waals surface area contributed by atoms with Crippen LogP contribution in [0.3, 0.4) is 0 Å². The Kier molecular flexibility index (Phi) is 10.5. The van der Waals surface area contributed by atoms with Crippen molar-refractivity contribution in [3.05, 3.63) is 0 Å². The van der Waals surface area contributed by atoms with E-state index in [0.29, 0.717) is 6.54 Å². The van der Waals surface area contributed by atoms with Gasteiger partial charge in [-0.25, -0.2) is 4.79 Å². The highest BCUT2D eigenvalue weighted by atomic mass is 16.2. The van der Waals surface area contributed by atoms with Crippen LogP contribution in [0.5, 0.6) is 0 Å². The monoisotopic (exact) mass is 175 g/mol. The Morgan fingerprint density at radius 2 is 1.83 bits per heavy atom. The maximum absolute atomic E-state index is 9.99. The summed E-state index contributed by atoms with van der Waals surface area (Å²) in [6.45, 7) is 2.76. The van der Waals surface area contributed by atoms with Gasteiger partial charge in [0.1, 0.15) is 0 Å². The summed E-state index contributed by atoms with van der Waals surface area (Å²) < 4.78 is 0. The van der Waals surface area contributed by atoms with Gasteiger partial charge in [-0.05, 0) is 6.42 Å². The van der Waals surface area contributed by atoms with E-state index in [0.717, 1.165) is 12.8 Å². The summed E-state index contributed by atoms with van der Waals surface area (Å²) in [5.41, 5.74) is 13.7. The van der Waals surface area contributed by atoms with Gasteiger partial charge in [-0.15, -0.1) is 0 Å². The molecule has 72 valence electrons. The van der Waals surface area contributed by atoms with Crippen LogP contribution in [0.2, 0.25) is 0 Å². The zero-order valence-corrected chi connectivity index (χ0v) is 7.26. The zero-order chi connectivity index (χ0) is 9.98. The summed E-state index contributed by atoms with van der Waals surface area (Å²) in [6, 6.07) is -0.432. The van der Waals surface area contributed by atoms with Crippen LogP contribution in [0, 0.1) is 5.41 Å². The van der Waals surface area contributed by atoms with Gasteiger partial charge >= 0.3 is 6.03 Å². The number of hydrogen-bond donors (Lipinski definition) is 5. The third-order valence-electron chi connectivity index (χ3n) is 0.830. The lowest BCUT2D eigenvalue weighted by atomic mass is 10.3. The van der Waals surface area contributed by atoms with Crippen molar-refractivity contribution in [2.75, 3.05) is 6.54 Å².